The van der Waals surface area contributed by atoms with Crippen molar-refractivity contribution in [2.45, 2.75) is 114 Å². The van der Waals surface area contributed by atoms with E-state index in [1.165, 1.54) is 17.8 Å². The average molecular weight is 824 g/mol. The Morgan fingerprint density at radius 3 is 2.44 bits per heavy atom. The summed E-state index contributed by atoms with van der Waals surface area (Å²) in [6, 6.07) is 3.33. The number of ether oxygens (including phenoxy) is 6. The summed E-state index contributed by atoms with van der Waals surface area (Å²) in [6.07, 6.45) is 1.21. The fraction of sp³-hybridized carbons (Fsp3) is 0.561. The number of piperazine rings is 1. The second-order valence-corrected chi connectivity index (χ2v) is 18.8. The van der Waals surface area contributed by atoms with Gasteiger partial charge in [-0.3, -0.25) is 5.32 Å². The van der Waals surface area contributed by atoms with Gasteiger partial charge in [0.15, 0.2) is 0 Å². The number of nitrogens with one attached hydrogen (secondary N) is 1. The van der Waals surface area contributed by atoms with Gasteiger partial charge in [0.2, 0.25) is 0 Å². The van der Waals surface area contributed by atoms with E-state index in [1.807, 2.05) is 20.8 Å². The summed E-state index contributed by atoms with van der Waals surface area (Å²) in [5.41, 5.74) is 4.43. The van der Waals surface area contributed by atoms with Crippen molar-refractivity contribution in [2.75, 3.05) is 44.4 Å². The number of hydrogen-bond acceptors (Lipinski definition) is 12. The van der Waals surface area contributed by atoms with Crippen LogP contribution in [0.3, 0.4) is 0 Å². The van der Waals surface area contributed by atoms with E-state index in [0.717, 1.165) is 51.6 Å². The van der Waals surface area contributed by atoms with Gasteiger partial charge in [0.1, 0.15) is 35.5 Å². The normalized spacial score (nSPS) is 23.9. The van der Waals surface area contributed by atoms with Gasteiger partial charge >= 0.3 is 18.2 Å². The first-order chi connectivity index (χ1) is 27.1. The molecule has 5 aliphatic heterocycles. The minimum absolute atomic E-state index is 0.0292. The topological polar surface area (TPSA) is 134 Å². The molecule has 2 aromatic carbocycles. The molecule has 2 amide bonds. The third-order valence-electron chi connectivity index (χ3n) is 11.0. The number of rotatable bonds is 6. The van der Waals surface area contributed by atoms with Crippen LogP contribution in [0.5, 0.6) is 6.01 Å². The number of amides is 2. The lowest BCUT2D eigenvalue weighted by Crippen LogP contribution is -2.56. The molecular formula is C41H47ClFN5O8S. The fourth-order valence-electron chi connectivity index (χ4n) is 8.65. The van der Waals surface area contributed by atoms with Gasteiger partial charge < -0.3 is 38.2 Å². The largest absolute Gasteiger partial charge is 0.461 e. The standard InChI is InChI=1S/C41H47ClFN5O8S/c1-40(2,3)55-38(49)46-36-25-13-24(25)30-23(9-10-28(43)34(30)57-36)29-26-18-52-19-27(26)31-33(32(29)42)44-37(54-17-22-16-51-11-12-53-22)45-35(31)48-20-7-8-21(48)15-47(14-20)39(50)56-41(4,5)6/h9-10,20-22,24H,7-8,11-19H2,1-6H3,(H,46,49)/t20?,21?,22-,24?/m1/s1. The highest BCUT2D eigenvalue weighted by Crippen LogP contribution is 2.62. The maximum absolute atomic E-state index is 15.8. The van der Waals surface area contributed by atoms with Gasteiger partial charge in [0, 0.05) is 36.7 Å². The van der Waals surface area contributed by atoms with Crippen molar-refractivity contribution >= 4 is 52.3 Å². The van der Waals surface area contributed by atoms with E-state index >= 15 is 4.39 Å². The fourth-order valence-corrected chi connectivity index (χ4v) is 10.2. The predicted molar refractivity (Wildman–Crippen MR) is 211 cm³/mol. The quantitative estimate of drug-likeness (QED) is 0.260. The van der Waals surface area contributed by atoms with Crippen molar-refractivity contribution in [2.24, 2.45) is 0 Å². The van der Waals surface area contributed by atoms with Crippen LogP contribution in [0.25, 0.3) is 22.0 Å². The number of carbonyl (C=O) groups excluding carboxylic acids is 2. The maximum atomic E-state index is 15.8. The number of fused-ring (bicyclic) bond motifs is 8. The Bertz CT molecular complexity index is 2190. The number of benzene rings is 2. The lowest BCUT2D eigenvalue weighted by Gasteiger charge is -2.42. The van der Waals surface area contributed by atoms with Gasteiger partial charge in [-0.05, 0) is 94.7 Å². The van der Waals surface area contributed by atoms with Crippen LogP contribution in [0, 0.1) is 5.82 Å². The molecule has 3 aromatic rings. The van der Waals surface area contributed by atoms with Gasteiger partial charge in [0.05, 0.1) is 58.9 Å². The van der Waals surface area contributed by atoms with E-state index in [4.69, 9.17) is 50.0 Å². The van der Waals surface area contributed by atoms with Crippen molar-refractivity contribution in [1.82, 2.24) is 20.2 Å². The maximum Gasteiger partial charge on any atom is 0.412 e. The summed E-state index contributed by atoms with van der Waals surface area (Å²) in [5.74, 6) is 0.202. The minimum atomic E-state index is -0.677. The number of alkyl carbamates (subject to hydrolysis) is 1. The van der Waals surface area contributed by atoms with Gasteiger partial charge in [-0.25, -0.2) is 14.0 Å². The summed E-state index contributed by atoms with van der Waals surface area (Å²) in [4.78, 5) is 40.6. The van der Waals surface area contributed by atoms with Crippen molar-refractivity contribution in [1.29, 1.82) is 0 Å². The number of halogens is 2. The molecule has 4 fully saturated rings. The van der Waals surface area contributed by atoms with Gasteiger partial charge in [-0.2, -0.15) is 9.97 Å². The predicted octanol–water partition coefficient (Wildman–Crippen LogP) is 7.83. The highest BCUT2D eigenvalue weighted by Gasteiger charge is 2.47. The highest BCUT2D eigenvalue weighted by molar-refractivity contribution is 8.03. The molecule has 9 rings (SSSR count). The smallest absolute Gasteiger partial charge is 0.412 e. The molecule has 13 nitrogen and oxygen atoms in total. The van der Waals surface area contributed by atoms with Gasteiger partial charge in [0.25, 0.3) is 0 Å². The zero-order valence-corrected chi connectivity index (χ0v) is 34.5. The van der Waals surface area contributed by atoms with Crippen LogP contribution in [0.15, 0.2) is 27.6 Å². The molecule has 3 unspecified atom stereocenters. The number of thioether (sulfide) groups is 1. The molecule has 0 radical (unpaired) electrons. The molecule has 2 bridgehead atoms. The first-order valence-corrected chi connectivity index (χ1v) is 20.8. The third kappa shape index (κ3) is 7.38. The highest BCUT2D eigenvalue weighted by atomic mass is 35.5. The zero-order chi connectivity index (χ0) is 40.0. The number of aromatic nitrogens is 2. The van der Waals surface area contributed by atoms with Crippen molar-refractivity contribution < 1.29 is 42.4 Å². The first-order valence-electron chi connectivity index (χ1n) is 19.6. The summed E-state index contributed by atoms with van der Waals surface area (Å²) in [7, 11) is 0. The Kier molecular flexibility index (Phi) is 9.78. The van der Waals surface area contributed by atoms with E-state index in [1.54, 1.807) is 31.7 Å². The average Bonchev–Trinajstić information content (AvgIpc) is 3.74. The van der Waals surface area contributed by atoms with Crippen LogP contribution < -0.4 is 15.0 Å². The van der Waals surface area contributed by atoms with Crippen LogP contribution >= 0.6 is 23.4 Å². The second-order valence-electron chi connectivity index (χ2n) is 17.4. The van der Waals surface area contributed by atoms with Gasteiger partial charge in [-0.1, -0.05) is 29.4 Å². The van der Waals surface area contributed by atoms with E-state index < -0.39 is 17.3 Å². The minimum Gasteiger partial charge on any atom is -0.461 e. The first kappa shape index (κ1) is 38.6. The van der Waals surface area contributed by atoms with Crippen LogP contribution in [0.4, 0.5) is 19.8 Å². The molecular weight excluding hydrogens is 777 g/mol. The number of likely N-dealkylation sites (tertiary alicyclic amines) is 1. The monoisotopic (exact) mass is 823 g/mol. The van der Waals surface area contributed by atoms with Crippen molar-refractivity contribution in [3.8, 4) is 17.1 Å². The van der Waals surface area contributed by atoms with Crippen LogP contribution in [0.1, 0.15) is 83.4 Å². The number of hydrogen-bond donors (Lipinski definition) is 1. The Balaban J connectivity index is 1.14. The Hall–Kier alpha value is -3.89. The summed E-state index contributed by atoms with van der Waals surface area (Å²) < 4.78 is 51.0. The van der Waals surface area contributed by atoms with Crippen LogP contribution in [-0.2, 0) is 36.9 Å². The molecule has 6 aliphatic rings. The molecule has 16 heteroatoms. The number of carbonyl (C=O) groups is 2. The van der Waals surface area contributed by atoms with E-state index in [-0.39, 0.29) is 48.6 Å². The molecule has 0 spiro atoms. The Morgan fingerprint density at radius 1 is 1.00 bits per heavy atom. The third-order valence-corrected chi connectivity index (χ3v) is 12.5. The molecule has 304 valence electrons. The summed E-state index contributed by atoms with van der Waals surface area (Å²) in [5, 5.41) is 4.64. The van der Waals surface area contributed by atoms with Crippen molar-refractivity contribution in [3.05, 3.63) is 50.3 Å². The number of nitrogens with zero attached hydrogens (tertiary/aromatic N) is 4. The lowest BCUT2D eigenvalue weighted by molar-refractivity contribution is -0.102. The SMILES string of the molecule is CC(C)(C)OC(=O)NC1=C2CC2c2c(-c3c4c(c5c(N6C7CCC6CN(C(=O)OC(C)(C)C)C7)nc(OC[C@H]6COCCO6)nc5c3Cl)COC4)ccc(F)c2S1. The molecule has 1 saturated carbocycles. The molecule has 1 N–H and O–H groups in total. The van der Waals surface area contributed by atoms with E-state index in [0.29, 0.717) is 78.8 Å². The Labute approximate surface area is 339 Å². The molecule has 1 aliphatic carbocycles. The van der Waals surface area contributed by atoms with Crippen LogP contribution in [0.2, 0.25) is 5.02 Å². The summed E-state index contributed by atoms with van der Waals surface area (Å²) >= 11 is 8.79. The van der Waals surface area contributed by atoms with E-state index in [2.05, 4.69) is 10.2 Å². The second kappa shape index (κ2) is 14.4. The molecule has 3 saturated heterocycles. The lowest BCUT2D eigenvalue weighted by atomic mass is 9.89. The molecule has 1 aromatic heterocycles. The van der Waals surface area contributed by atoms with Crippen LogP contribution in [-0.4, -0.2) is 96.0 Å². The molecule has 6 heterocycles. The number of anilines is 1. The molecule has 57 heavy (non-hydrogen) atoms. The Morgan fingerprint density at radius 2 is 1.74 bits per heavy atom. The van der Waals surface area contributed by atoms with Gasteiger partial charge in [-0.15, -0.1) is 0 Å². The van der Waals surface area contributed by atoms with Crippen molar-refractivity contribution in [3.63, 3.8) is 0 Å². The van der Waals surface area contributed by atoms with E-state index in [9.17, 15) is 9.59 Å². The zero-order valence-electron chi connectivity index (χ0n) is 33.0. The summed E-state index contributed by atoms with van der Waals surface area (Å²) in [6.45, 7) is 14.2. The number of allylic oxidation sites excluding steroid dienone is 1. The molecule has 4 atom stereocenters.